The second kappa shape index (κ2) is 10.6. The van der Waals surface area contributed by atoms with Crippen molar-refractivity contribution in [1.82, 2.24) is 9.80 Å². The number of hydrogen-bond acceptors (Lipinski definition) is 7. The first-order chi connectivity index (χ1) is 17.9. The molecule has 190 valence electrons. The number of methoxy groups -OCH3 is 1. The van der Waals surface area contributed by atoms with Crippen molar-refractivity contribution in [3.8, 4) is 0 Å². The van der Waals surface area contributed by atoms with Gasteiger partial charge in [-0.25, -0.2) is 4.79 Å². The SMILES string of the molecule is COC(=O)c1ccc2c(c1)NC(=O)C2=C(Nc1ccc(CC(=O)N2CCN(C)CC2)cc1)c1cccs1. The van der Waals surface area contributed by atoms with Crippen LogP contribution in [0.2, 0.25) is 0 Å². The van der Waals surface area contributed by atoms with Gasteiger partial charge in [0.2, 0.25) is 5.91 Å². The molecular formula is C28H28N4O4S. The topological polar surface area (TPSA) is 91.0 Å². The lowest BCUT2D eigenvalue weighted by Gasteiger charge is -2.32. The molecule has 3 heterocycles. The summed E-state index contributed by atoms with van der Waals surface area (Å²) in [6, 6.07) is 16.7. The number of esters is 1. The number of nitrogens with one attached hydrogen (secondary N) is 2. The van der Waals surface area contributed by atoms with Gasteiger partial charge < -0.3 is 25.2 Å². The molecule has 8 nitrogen and oxygen atoms in total. The minimum atomic E-state index is -0.461. The minimum absolute atomic E-state index is 0.140. The molecular weight excluding hydrogens is 488 g/mol. The van der Waals surface area contributed by atoms with E-state index in [1.54, 1.807) is 18.2 Å². The molecule has 0 atom stereocenters. The lowest BCUT2D eigenvalue weighted by molar-refractivity contribution is -0.132. The van der Waals surface area contributed by atoms with Crippen LogP contribution in [0.15, 0.2) is 60.0 Å². The molecule has 0 saturated carbocycles. The van der Waals surface area contributed by atoms with Gasteiger partial charge in [-0.15, -0.1) is 11.3 Å². The Hall–Kier alpha value is -3.95. The van der Waals surface area contributed by atoms with Crippen LogP contribution in [-0.4, -0.2) is 67.9 Å². The van der Waals surface area contributed by atoms with E-state index in [2.05, 4.69) is 22.6 Å². The number of hydrogen-bond donors (Lipinski definition) is 2. The summed E-state index contributed by atoms with van der Waals surface area (Å²) in [5.41, 5.74) is 4.58. The molecule has 2 N–H and O–H groups in total. The molecule has 5 rings (SSSR count). The molecule has 3 aromatic rings. The average molecular weight is 517 g/mol. The van der Waals surface area contributed by atoms with Gasteiger partial charge in [-0.1, -0.05) is 24.3 Å². The molecule has 0 aliphatic carbocycles. The van der Waals surface area contributed by atoms with Crippen molar-refractivity contribution in [2.24, 2.45) is 0 Å². The van der Waals surface area contributed by atoms with Gasteiger partial charge in [0.25, 0.3) is 5.91 Å². The highest BCUT2D eigenvalue weighted by atomic mass is 32.1. The number of thiophene rings is 1. The van der Waals surface area contributed by atoms with Crippen LogP contribution >= 0.6 is 11.3 Å². The van der Waals surface area contributed by atoms with Crippen LogP contribution in [0.3, 0.4) is 0 Å². The number of piperazine rings is 1. The zero-order valence-electron chi connectivity index (χ0n) is 20.7. The number of carbonyl (C=O) groups is 3. The van der Waals surface area contributed by atoms with Crippen LogP contribution in [0.5, 0.6) is 0 Å². The fraction of sp³-hybridized carbons (Fsp3) is 0.250. The largest absolute Gasteiger partial charge is 0.465 e. The van der Waals surface area contributed by atoms with E-state index >= 15 is 0 Å². The Bertz CT molecular complexity index is 1360. The highest BCUT2D eigenvalue weighted by molar-refractivity contribution is 7.11. The van der Waals surface area contributed by atoms with Gasteiger partial charge in [-0.2, -0.15) is 0 Å². The Balaban J connectivity index is 1.39. The van der Waals surface area contributed by atoms with Crippen LogP contribution in [0.25, 0.3) is 11.3 Å². The second-order valence-corrected chi connectivity index (χ2v) is 10.1. The monoisotopic (exact) mass is 516 g/mol. The van der Waals surface area contributed by atoms with Crippen LogP contribution in [0.4, 0.5) is 11.4 Å². The molecule has 1 aromatic heterocycles. The van der Waals surface area contributed by atoms with Crippen molar-refractivity contribution in [2.45, 2.75) is 6.42 Å². The molecule has 2 amide bonds. The molecule has 0 radical (unpaired) electrons. The van der Waals surface area contributed by atoms with E-state index in [1.165, 1.54) is 18.4 Å². The maximum absolute atomic E-state index is 13.1. The summed E-state index contributed by atoms with van der Waals surface area (Å²) in [6.07, 6.45) is 0.362. The molecule has 9 heteroatoms. The van der Waals surface area contributed by atoms with E-state index in [4.69, 9.17) is 4.74 Å². The van der Waals surface area contributed by atoms with Crippen molar-refractivity contribution in [3.05, 3.63) is 81.5 Å². The quantitative estimate of drug-likeness (QED) is 0.383. The first-order valence-electron chi connectivity index (χ1n) is 12.1. The molecule has 0 spiro atoms. The van der Waals surface area contributed by atoms with E-state index in [9.17, 15) is 14.4 Å². The van der Waals surface area contributed by atoms with Crippen molar-refractivity contribution in [1.29, 1.82) is 0 Å². The van der Waals surface area contributed by atoms with Gasteiger partial charge in [0.05, 0.1) is 40.9 Å². The molecule has 2 aliphatic rings. The first kappa shape index (κ1) is 24.7. The Morgan fingerprint density at radius 2 is 1.81 bits per heavy atom. The van der Waals surface area contributed by atoms with E-state index in [1.807, 2.05) is 46.7 Å². The minimum Gasteiger partial charge on any atom is -0.465 e. The maximum Gasteiger partial charge on any atom is 0.337 e. The Morgan fingerprint density at radius 3 is 2.49 bits per heavy atom. The van der Waals surface area contributed by atoms with Gasteiger partial charge in [0, 0.05) is 37.4 Å². The molecule has 1 saturated heterocycles. The Morgan fingerprint density at radius 1 is 1.05 bits per heavy atom. The van der Waals surface area contributed by atoms with Crippen LogP contribution in [0, 0.1) is 0 Å². The zero-order valence-corrected chi connectivity index (χ0v) is 21.6. The molecule has 1 fully saturated rings. The number of likely N-dealkylation sites (N-methyl/N-ethyl adjacent to an activating group) is 1. The summed E-state index contributed by atoms with van der Waals surface area (Å²) in [4.78, 5) is 42.8. The Labute approximate surface area is 219 Å². The number of nitrogens with zero attached hydrogens (tertiary/aromatic N) is 2. The number of ether oxygens (including phenoxy) is 1. The second-order valence-electron chi connectivity index (χ2n) is 9.12. The fourth-order valence-electron chi connectivity index (χ4n) is 4.53. The smallest absolute Gasteiger partial charge is 0.337 e. The summed E-state index contributed by atoms with van der Waals surface area (Å²) in [5.74, 6) is -0.569. The molecule has 2 aromatic carbocycles. The van der Waals surface area contributed by atoms with Crippen LogP contribution < -0.4 is 10.6 Å². The van der Waals surface area contributed by atoms with E-state index in [0.717, 1.165) is 42.3 Å². The third-order valence-electron chi connectivity index (χ3n) is 6.64. The first-order valence-corrected chi connectivity index (χ1v) is 13.0. The van der Waals surface area contributed by atoms with Crippen molar-refractivity contribution in [2.75, 3.05) is 51.0 Å². The summed E-state index contributed by atoms with van der Waals surface area (Å²) in [5, 5.41) is 8.26. The number of carbonyl (C=O) groups excluding carboxylic acids is 3. The predicted octanol–water partition coefficient (Wildman–Crippen LogP) is 3.78. The third kappa shape index (κ3) is 5.28. The number of rotatable bonds is 6. The summed E-state index contributed by atoms with van der Waals surface area (Å²) in [7, 11) is 3.40. The lowest BCUT2D eigenvalue weighted by Crippen LogP contribution is -2.47. The summed E-state index contributed by atoms with van der Waals surface area (Å²) in [6.45, 7) is 3.32. The van der Waals surface area contributed by atoms with Crippen molar-refractivity contribution >= 4 is 51.8 Å². The van der Waals surface area contributed by atoms with Gasteiger partial charge in [-0.05, 0) is 48.3 Å². The average Bonchev–Trinajstić information content (AvgIpc) is 3.55. The predicted molar refractivity (Wildman–Crippen MR) is 145 cm³/mol. The van der Waals surface area contributed by atoms with Crippen LogP contribution in [0.1, 0.15) is 26.4 Å². The summed E-state index contributed by atoms with van der Waals surface area (Å²) >= 11 is 1.52. The van der Waals surface area contributed by atoms with E-state index < -0.39 is 5.97 Å². The number of anilines is 2. The highest BCUT2D eigenvalue weighted by Crippen LogP contribution is 2.39. The van der Waals surface area contributed by atoms with Gasteiger partial charge in [0.15, 0.2) is 0 Å². The zero-order chi connectivity index (χ0) is 25.9. The summed E-state index contributed by atoms with van der Waals surface area (Å²) < 4.78 is 4.81. The number of fused-ring (bicyclic) bond motifs is 1. The Kier molecular flexibility index (Phi) is 7.07. The van der Waals surface area contributed by atoms with Crippen LogP contribution in [-0.2, 0) is 20.7 Å². The molecule has 37 heavy (non-hydrogen) atoms. The van der Waals surface area contributed by atoms with Gasteiger partial charge in [-0.3, -0.25) is 9.59 Å². The van der Waals surface area contributed by atoms with E-state index in [0.29, 0.717) is 34.5 Å². The highest BCUT2D eigenvalue weighted by Gasteiger charge is 2.30. The van der Waals surface area contributed by atoms with Crippen molar-refractivity contribution in [3.63, 3.8) is 0 Å². The molecule has 2 aliphatic heterocycles. The normalized spacial score (nSPS) is 16.7. The van der Waals surface area contributed by atoms with Gasteiger partial charge in [0.1, 0.15) is 0 Å². The third-order valence-corrected chi connectivity index (χ3v) is 7.52. The number of benzene rings is 2. The van der Waals surface area contributed by atoms with Crippen molar-refractivity contribution < 1.29 is 19.1 Å². The fourth-order valence-corrected chi connectivity index (χ4v) is 5.26. The van der Waals surface area contributed by atoms with Gasteiger partial charge >= 0.3 is 5.97 Å². The lowest BCUT2D eigenvalue weighted by atomic mass is 10.0. The molecule has 0 unspecified atom stereocenters. The standard InChI is InChI=1S/C28H28N4O4S/c1-31-11-13-32(14-12-31)24(33)16-18-5-8-20(9-6-18)29-26(23-4-3-15-37-23)25-21-10-7-19(28(35)36-2)17-22(21)30-27(25)34/h3-10,15,17,29H,11-14,16H2,1-2H3,(H,30,34). The number of amides is 2. The maximum atomic E-state index is 13.1. The van der Waals surface area contributed by atoms with E-state index in [-0.39, 0.29) is 11.8 Å². The molecule has 0 bridgehead atoms.